The predicted octanol–water partition coefficient (Wildman–Crippen LogP) is 4.82. The predicted molar refractivity (Wildman–Crippen MR) is 77.3 cm³/mol. The summed E-state index contributed by atoms with van der Waals surface area (Å²) in [6, 6.07) is 9.68. The Morgan fingerprint density at radius 3 is 2.61 bits per heavy atom. The van der Waals surface area contributed by atoms with Gasteiger partial charge in [0.15, 0.2) is 0 Å². The standard InChI is InChI=1S/C13H10BrCl2NO/c14-11-3-1-9(2-4-11)8-18-13-5-10(6-15)12(16)7-17-13/h1-5,7H,6,8H2. The van der Waals surface area contributed by atoms with Crippen molar-refractivity contribution >= 4 is 39.1 Å². The van der Waals surface area contributed by atoms with Gasteiger partial charge >= 0.3 is 0 Å². The molecule has 0 atom stereocenters. The van der Waals surface area contributed by atoms with Gasteiger partial charge in [0.05, 0.1) is 5.02 Å². The molecule has 1 aromatic heterocycles. The molecule has 0 spiro atoms. The molecule has 2 nitrogen and oxygen atoms in total. The van der Waals surface area contributed by atoms with Crippen molar-refractivity contribution in [3.63, 3.8) is 0 Å². The number of hydrogen-bond acceptors (Lipinski definition) is 2. The van der Waals surface area contributed by atoms with Crippen molar-refractivity contribution < 1.29 is 4.74 Å². The minimum Gasteiger partial charge on any atom is -0.473 e. The largest absolute Gasteiger partial charge is 0.473 e. The molecule has 0 N–H and O–H groups in total. The van der Waals surface area contributed by atoms with Crippen molar-refractivity contribution in [1.29, 1.82) is 0 Å². The molecule has 0 aliphatic heterocycles. The molecule has 0 amide bonds. The van der Waals surface area contributed by atoms with Crippen LogP contribution in [0.4, 0.5) is 0 Å². The van der Waals surface area contributed by atoms with Crippen molar-refractivity contribution in [3.8, 4) is 5.88 Å². The van der Waals surface area contributed by atoms with Crippen molar-refractivity contribution in [3.05, 3.63) is 57.2 Å². The molecule has 5 heteroatoms. The fourth-order valence-electron chi connectivity index (χ4n) is 1.38. The van der Waals surface area contributed by atoms with Gasteiger partial charge in [0, 0.05) is 22.6 Å². The second kappa shape index (κ2) is 6.41. The molecule has 18 heavy (non-hydrogen) atoms. The van der Waals surface area contributed by atoms with Crippen molar-refractivity contribution in [2.45, 2.75) is 12.5 Å². The lowest BCUT2D eigenvalue weighted by Gasteiger charge is -2.07. The Kier molecular flexibility index (Phi) is 4.87. The highest BCUT2D eigenvalue weighted by Crippen LogP contribution is 2.21. The Hall–Kier alpha value is -0.770. The minimum absolute atomic E-state index is 0.343. The maximum Gasteiger partial charge on any atom is 0.213 e. The highest BCUT2D eigenvalue weighted by molar-refractivity contribution is 9.10. The van der Waals surface area contributed by atoms with Gasteiger partial charge in [0.25, 0.3) is 0 Å². The normalized spacial score (nSPS) is 10.4. The van der Waals surface area contributed by atoms with Gasteiger partial charge in [-0.2, -0.15) is 0 Å². The third-order valence-corrected chi connectivity index (χ3v) is 3.51. The summed E-state index contributed by atoms with van der Waals surface area (Å²) in [6.07, 6.45) is 1.55. The van der Waals surface area contributed by atoms with Crippen LogP contribution in [-0.2, 0) is 12.5 Å². The number of pyridine rings is 1. The van der Waals surface area contributed by atoms with Gasteiger partial charge in [-0.05, 0) is 23.3 Å². The first-order valence-electron chi connectivity index (χ1n) is 5.26. The zero-order valence-corrected chi connectivity index (χ0v) is 12.5. The van der Waals surface area contributed by atoms with E-state index in [1.54, 1.807) is 12.3 Å². The third-order valence-electron chi connectivity index (χ3n) is 2.35. The molecule has 1 aromatic carbocycles. The fraction of sp³-hybridized carbons (Fsp3) is 0.154. The summed E-state index contributed by atoms with van der Waals surface area (Å²) in [5.74, 6) is 0.869. The Labute approximate surface area is 124 Å². The zero-order chi connectivity index (χ0) is 13.0. The summed E-state index contributed by atoms with van der Waals surface area (Å²) < 4.78 is 6.63. The van der Waals surface area contributed by atoms with E-state index in [2.05, 4.69) is 20.9 Å². The van der Waals surface area contributed by atoms with Crippen LogP contribution in [-0.4, -0.2) is 4.98 Å². The molecule has 2 rings (SSSR count). The molecule has 94 valence electrons. The summed E-state index contributed by atoms with van der Waals surface area (Å²) in [6.45, 7) is 0.462. The number of rotatable bonds is 4. The van der Waals surface area contributed by atoms with Gasteiger partial charge in [-0.3, -0.25) is 0 Å². The number of nitrogens with zero attached hydrogens (tertiary/aromatic N) is 1. The molecule has 0 saturated heterocycles. The molecule has 0 fully saturated rings. The molecule has 2 aromatic rings. The SMILES string of the molecule is ClCc1cc(OCc2ccc(Br)cc2)ncc1Cl. The van der Waals surface area contributed by atoms with E-state index in [0.29, 0.717) is 23.4 Å². The van der Waals surface area contributed by atoms with Gasteiger partial charge in [0.2, 0.25) is 5.88 Å². The first-order valence-corrected chi connectivity index (χ1v) is 6.97. The minimum atomic E-state index is 0.343. The monoisotopic (exact) mass is 345 g/mol. The first-order chi connectivity index (χ1) is 8.69. The van der Waals surface area contributed by atoms with Gasteiger partial charge in [-0.25, -0.2) is 4.98 Å². The van der Waals surface area contributed by atoms with Gasteiger partial charge in [0.1, 0.15) is 6.61 Å². The Bertz CT molecular complexity index is 531. The molecule has 0 bridgehead atoms. The van der Waals surface area contributed by atoms with Crippen molar-refractivity contribution in [2.75, 3.05) is 0 Å². The number of aromatic nitrogens is 1. The first kappa shape index (κ1) is 13.7. The van der Waals surface area contributed by atoms with E-state index in [4.69, 9.17) is 27.9 Å². The number of benzene rings is 1. The van der Waals surface area contributed by atoms with Gasteiger partial charge in [-0.1, -0.05) is 39.7 Å². The Morgan fingerprint density at radius 2 is 1.94 bits per heavy atom. The van der Waals surface area contributed by atoms with Crippen LogP contribution in [0.3, 0.4) is 0 Å². The highest BCUT2D eigenvalue weighted by Gasteiger charge is 2.03. The quantitative estimate of drug-likeness (QED) is 0.741. The molecule has 1 heterocycles. The van der Waals surface area contributed by atoms with Gasteiger partial charge < -0.3 is 4.74 Å². The number of alkyl halides is 1. The van der Waals surface area contributed by atoms with E-state index in [0.717, 1.165) is 15.6 Å². The highest BCUT2D eigenvalue weighted by atomic mass is 79.9. The summed E-state index contributed by atoms with van der Waals surface area (Å²) in [4.78, 5) is 4.10. The lowest BCUT2D eigenvalue weighted by molar-refractivity contribution is 0.293. The molecule has 0 saturated carbocycles. The molecule has 0 aliphatic rings. The Morgan fingerprint density at radius 1 is 1.22 bits per heavy atom. The second-order valence-corrected chi connectivity index (χ2v) is 5.25. The molecular weight excluding hydrogens is 337 g/mol. The molecule has 0 aliphatic carbocycles. The lowest BCUT2D eigenvalue weighted by Crippen LogP contribution is -1.98. The van der Waals surface area contributed by atoms with Crippen LogP contribution in [0.5, 0.6) is 5.88 Å². The van der Waals surface area contributed by atoms with Crippen LogP contribution in [0.2, 0.25) is 5.02 Å². The zero-order valence-electron chi connectivity index (χ0n) is 9.37. The number of ether oxygens (including phenoxy) is 1. The molecule has 0 unspecified atom stereocenters. The topological polar surface area (TPSA) is 22.1 Å². The van der Waals surface area contributed by atoms with E-state index in [9.17, 15) is 0 Å². The fourth-order valence-corrected chi connectivity index (χ4v) is 2.10. The van der Waals surface area contributed by atoms with Crippen LogP contribution >= 0.6 is 39.1 Å². The summed E-state index contributed by atoms with van der Waals surface area (Å²) >= 11 is 15.1. The van der Waals surface area contributed by atoms with Crippen molar-refractivity contribution in [2.24, 2.45) is 0 Å². The Balaban J connectivity index is 2.04. The van der Waals surface area contributed by atoms with Gasteiger partial charge in [-0.15, -0.1) is 11.6 Å². The summed E-state index contributed by atoms with van der Waals surface area (Å²) in [5.41, 5.74) is 1.89. The average molecular weight is 347 g/mol. The average Bonchev–Trinajstić information content (AvgIpc) is 2.39. The molecular formula is C13H10BrCl2NO. The van der Waals surface area contributed by atoms with E-state index in [-0.39, 0.29) is 0 Å². The van der Waals surface area contributed by atoms with E-state index < -0.39 is 0 Å². The van der Waals surface area contributed by atoms with E-state index in [1.807, 2.05) is 24.3 Å². The lowest BCUT2D eigenvalue weighted by atomic mass is 10.2. The van der Waals surface area contributed by atoms with Crippen LogP contribution in [0, 0.1) is 0 Å². The van der Waals surface area contributed by atoms with Crippen molar-refractivity contribution in [1.82, 2.24) is 4.98 Å². The summed E-state index contributed by atoms with van der Waals surface area (Å²) in [5, 5.41) is 0.556. The number of halogens is 3. The van der Waals surface area contributed by atoms with Crippen LogP contribution < -0.4 is 4.74 Å². The number of hydrogen-bond donors (Lipinski definition) is 0. The van der Waals surface area contributed by atoms with Crippen LogP contribution in [0.25, 0.3) is 0 Å². The summed E-state index contributed by atoms with van der Waals surface area (Å²) in [7, 11) is 0. The third kappa shape index (κ3) is 3.61. The molecule has 0 radical (unpaired) electrons. The van der Waals surface area contributed by atoms with E-state index >= 15 is 0 Å². The second-order valence-electron chi connectivity index (χ2n) is 3.66. The van der Waals surface area contributed by atoms with Crippen LogP contribution in [0.15, 0.2) is 41.0 Å². The maximum absolute atomic E-state index is 5.92. The van der Waals surface area contributed by atoms with E-state index in [1.165, 1.54) is 0 Å². The smallest absolute Gasteiger partial charge is 0.213 e. The van der Waals surface area contributed by atoms with Crippen LogP contribution in [0.1, 0.15) is 11.1 Å². The maximum atomic E-state index is 5.92.